The van der Waals surface area contributed by atoms with Gasteiger partial charge in [-0.25, -0.2) is 4.39 Å². The smallest absolute Gasteiger partial charge is 0.123 e. The van der Waals surface area contributed by atoms with E-state index in [2.05, 4.69) is 12.2 Å². The summed E-state index contributed by atoms with van der Waals surface area (Å²) >= 11 is 0. The molecule has 0 bridgehead atoms. The molecule has 0 aliphatic rings. The number of benzene rings is 1. The minimum absolute atomic E-state index is 0.233. The summed E-state index contributed by atoms with van der Waals surface area (Å²) in [7, 11) is 0. The van der Waals surface area contributed by atoms with Crippen molar-refractivity contribution in [1.29, 1.82) is 0 Å². The van der Waals surface area contributed by atoms with E-state index < -0.39 is 5.60 Å². The first-order valence-electron chi connectivity index (χ1n) is 5.75. The second-order valence-corrected chi connectivity index (χ2v) is 4.43. The molecule has 1 aromatic rings. The molecule has 0 amide bonds. The first-order chi connectivity index (χ1) is 7.53. The van der Waals surface area contributed by atoms with E-state index in [9.17, 15) is 9.50 Å². The molecule has 0 aromatic heterocycles. The molecule has 90 valence electrons. The molecule has 16 heavy (non-hydrogen) atoms. The Hall–Kier alpha value is -1.09. The third-order valence-corrected chi connectivity index (χ3v) is 2.63. The second-order valence-electron chi connectivity index (χ2n) is 4.43. The number of halogens is 1. The van der Waals surface area contributed by atoms with Crippen molar-refractivity contribution in [2.24, 2.45) is 0 Å². The first kappa shape index (κ1) is 13.0. The van der Waals surface area contributed by atoms with Gasteiger partial charge in [0.05, 0.1) is 5.60 Å². The van der Waals surface area contributed by atoms with Crippen molar-refractivity contribution in [2.75, 3.05) is 11.9 Å². The number of hydrogen-bond donors (Lipinski definition) is 2. The lowest BCUT2D eigenvalue weighted by molar-refractivity contribution is 0.0448. The largest absolute Gasteiger partial charge is 0.390 e. The zero-order chi connectivity index (χ0) is 12.0. The second kappa shape index (κ2) is 5.85. The fourth-order valence-corrected chi connectivity index (χ4v) is 1.71. The Morgan fingerprint density at radius 1 is 1.25 bits per heavy atom. The van der Waals surface area contributed by atoms with Crippen molar-refractivity contribution in [3.05, 3.63) is 30.1 Å². The zero-order valence-corrected chi connectivity index (χ0v) is 9.96. The summed E-state index contributed by atoms with van der Waals surface area (Å²) in [6.45, 7) is 4.60. The molecule has 0 fully saturated rings. The molecule has 0 spiro atoms. The van der Waals surface area contributed by atoms with Gasteiger partial charge in [-0.2, -0.15) is 0 Å². The minimum Gasteiger partial charge on any atom is -0.390 e. The third-order valence-electron chi connectivity index (χ3n) is 2.63. The van der Waals surface area contributed by atoms with Gasteiger partial charge in [0, 0.05) is 12.2 Å². The lowest BCUT2D eigenvalue weighted by Gasteiger charge is -2.22. The van der Waals surface area contributed by atoms with E-state index >= 15 is 0 Å². The van der Waals surface area contributed by atoms with Crippen LogP contribution in [-0.4, -0.2) is 17.3 Å². The molecular formula is C13H20FNO. The van der Waals surface area contributed by atoms with E-state index in [0.29, 0.717) is 13.0 Å². The quantitative estimate of drug-likeness (QED) is 0.779. The van der Waals surface area contributed by atoms with Crippen molar-refractivity contribution in [3.63, 3.8) is 0 Å². The number of aliphatic hydroxyl groups is 1. The van der Waals surface area contributed by atoms with Crippen LogP contribution >= 0.6 is 0 Å². The maximum atomic E-state index is 12.6. The number of hydrogen-bond acceptors (Lipinski definition) is 2. The standard InChI is InChI=1S/C13H20FNO/c1-3-8-13(2,16)9-10-15-12-6-4-11(14)5-7-12/h4-7,15-16H,3,8-10H2,1-2H3. The lowest BCUT2D eigenvalue weighted by Crippen LogP contribution is -2.26. The predicted octanol–water partition coefficient (Wildman–Crippen LogP) is 3.18. The Balaban J connectivity index is 2.32. The maximum Gasteiger partial charge on any atom is 0.123 e. The number of nitrogens with one attached hydrogen (secondary N) is 1. The Bertz CT molecular complexity index is 308. The summed E-state index contributed by atoms with van der Waals surface area (Å²) in [6.07, 6.45) is 2.47. The monoisotopic (exact) mass is 225 g/mol. The van der Waals surface area contributed by atoms with Crippen LogP contribution < -0.4 is 5.32 Å². The number of rotatable bonds is 6. The average Bonchev–Trinajstić information content (AvgIpc) is 2.20. The summed E-state index contributed by atoms with van der Waals surface area (Å²) in [5.41, 5.74) is 0.274. The van der Waals surface area contributed by atoms with Gasteiger partial charge in [-0.3, -0.25) is 0 Å². The van der Waals surface area contributed by atoms with Gasteiger partial charge in [0.1, 0.15) is 5.82 Å². The van der Waals surface area contributed by atoms with E-state index in [1.807, 2.05) is 6.92 Å². The molecule has 2 nitrogen and oxygen atoms in total. The minimum atomic E-state index is -0.609. The molecule has 1 atom stereocenters. The van der Waals surface area contributed by atoms with Gasteiger partial charge in [0.2, 0.25) is 0 Å². The van der Waals surface area contributed by atoms with Crippen molar-refractivity contribution < 1.29 is 9.50 Å². The fraction of sp³-hybridized carbons (Fsp3) is 0.538. The molecule has 0 saturated heterocycles. The van der Waals surface area contributed by atoms with Gasteiger partial charge in [0.15, 0.2) is 0 Å². The summed E-state index contributed by atoms with van der Waals surface area (Å²) in [5.74, 6) is -0.233. The van der Waals surface area contributed by atoms with E-state index in [4.69, 9.17) is 0 Å². The van der Waals surface area contributed by atoms with Gasteiger partial charge in [-0.05, 0) is 44.0 Å². The maximum absolute atomic E-state index is 12.6. The van der Waals surface area contributed by atoms with Crippen LogP contribution in [-0.2, 0) is 0 Å². The predicted molar refractivity (Wildman–Crippen MR) is 65.0 cm³/mol. The lowest BCUT2D eigenvalue weighted by atomic mass is 9.97. The molecule has 0 heterocycles. The zero-order valence-electron chi connectivity index (χ0n) is 9.96. The normalized spacial score (nSPS) is 14.5. The van der Waals surface area contributed by atoms with E-state index in [1.165, 1.54) is 12.1 Å². The molecule has 0 saturated carbocycles. The van der Waals surface area contributed by atoms with Crippen molar-refractivity contribution >= 4 is 5.69 Å². The summed E-state index contributed by atoms with van der Waals surface area (Å²) < 4.78 is 12.6. The van der Waals surface area contributed by atoms with E-state index in [1.54, 1.807) is 12.1 Å². The number of anilines is 1. The summed E-state index contributed by atoms with van der Waals surface area (Å²) in [5, 5.41) is 13.1. The van der Waals surface area contributed by atoms with Crippen molar-refractivity contribution in [1.82, 2.24) is 0 Å². The van der Waals surface area contributed by atoms with Crippen LogP contribution in [0.15, 0.2) is 24.3 Å². The Labute approximate surface area is 96.5 Å². The van der Waals surface area contributed by atoms with Crippen LogP contribution in [0.5, 0.6) is 0 Å². The molecule has 0 radical (unpaired) electrons. The molecule has 1 aromatic carbocycles. The van der Waals surface area contributed by atoms with Crippen LogP contribution in [0.3, 0.4) is 0 Å². The third kappa shape index (κ3) is 4.62. The Morgan fingerprint density at radius 2 is 1.88 bits per heavy atom. The van der Waals surface area contributed by atoms with Crippen LogP contribution in [0.25, 0.3) is 0 Å². The molecule has 2 N–H and O–H groups in total. The average molecular weight is 225 g/mol. The van der Waals surface area contributed by atoms with Crippen molar-refractivity contribution in [2.45, 2.75) is 38.7 Å². The van der Waals surface area contributed by atoms with Crippen LogP contribution in [0.1, 0.15) is 33.1 Å². The van der Waals surface area contributed by atoms with Gasteiger partial charge >= 0.3 is 0 Å². The molecular weight excluding hydrogens is 205 g/mol. The highest BCUT2D eigenvalue weighted by atomic mass is 19.1. The molecule has 1 unspecified atom stereocenters. The van der Waals surface area contributed by atoms with E-state index in [0.717, 1.165) is 18.5 Å². The summed E-state index contributed by atoms with van der Waals surface area (Å²) in [4.78, 5) is 0. The van der Waals surface area contributed by atoms with Gasteiger partial charge in [-0.1, -0.05) is 13.3 Å². The van der Waals surface area contributed by atoms with Crippen LogP contribution in [0.2, 0.25) is 0 Å². The SMILES string of the molecule is CCCC(C)(O)CCNc1ccc(F)cc1. The molecule has 1 rings (SSSR count). The van der Waals surface area contributed by atoms with Crippen LogP contribution in [0, 0.1) is 5.82 Å². The van der Waals surface area contributed by atoms with Crippen LogP contribution in [0.4, 0.5) is 10.1 Å². The molecule has 0 aliphatic carbocycles. The van der Waals surface area contributed by atoms with Gasteiger partial charge < -0.3 is 10.4 Å². The highest BCUT2D eigenvalue weighted by Gasteiger charge is 2.17. The molecule has 0 aliphatic heterocycles. The van der Waals surface area contributed by atoms with Crippen molar-refractivity contribution in [3.8, 4) is 0 Å². The van der Waals surface area contributed by atoms with Gasteiger partial charge in [0.25, 0.3) is 0 Å². The van der Waals surface area contributed by atoms with Gasteiger partial charge in [-0.15, -0.1) is 0 Å². The Kier molecular flexibility index (Phi) is 4.74. The highest BCUT2D eigenvalue weighted by molar-refractivity contribution is 5.42. The Morgan fingerprint density at radius 3 is 2.44 bits per heavy atom. The fourth-order valence-electron chi connectivity index (χ4n) is 1.71. The summed E-state index contributed by atoms with van der Waals surface area (Å²) in [6, 6.07) is 6.24. The topological polar surface area (TPSA) is 32.3 Å². The molecule has 3 heteroatoms. The first-order valence-corrected chi connectivity index (χ1v) is 5.75. The van der Waals surface area contributed by atoms with E-state index in [-0.39, 0.29) is 5.82 Å². The highest BCUT2D eigenvalue weighted by Crippen LogP contribution is 2.17.